The van der Waals surface area contributed by atoms with E-state index in [9.17, 15) is 14.4 Å². The molecule has 0 amide bonds. The molecule has 146 valence electrons. The monoisotopic (exact) mass is 366 g/mol. The molecule has 2 fully saturated rings. The van der Waals surface area contributed by atoms with E-state index in [1.807, 2.05) is 13.0 Å². The second-order valence-corrected chi connectivity index (χ2v) is 8.09. The third kappa shape index (κ3) is 4.17. The molecule has 0 aromatic carbocycles. The van der Waals surface area contributed by atoms with Crippen molar-refractivity contribution in [2.24, 2.45) is 29.1 Å². The maximum atomic E-state index is 13.1. The van der Waals surface area contributed by atoms with Gasteiger partial charge >= 0.3 is 11.9 Å². The highest BCUT2D eigenvalue weighted by molar-refractivity contribution is 5.83. The highest BCUT2D eigenvalue weighted by atomic mass is 16.8. The molecule has 6 atom stereocenters. The van der Waals surface area contributed by atoms with Crippen molar-refractivity contribution in [3.63, 3.8) is 0 Å². The minimum atomic E-state index is -1.06. The van der Waals surface area contributed by atoms with E-state index in [1.54, 1.807) is 0 Å². The van der Waals surface area contributed by atoms with E-state index in [1.165, 1.54) is 13.8 Å². The first kappa shape index (κ1) is 20.6. The van der Waals surface area contributed by atoms with Crippen LogP contribution >= 0.6 is 0 Å². The van der Waals surface area contributed by atoms with Crippen LogP contribution in [0.5, 0.6) is 0 Å². The Morgan fingerprint density at radius 3 is 2.38 bits per heavy atom. The summed E-state index contributed by atoms with van der Waals surface area (Å²) in [5.41, 5.74) is -0.568. The minimum Gasteiger partial charge on any atom is -0.436 e. The number of rotatable bonds is 4. The molecule has 0 radical (unpaired) electrons. The van der Waals surface area contributed by atoms with Crippen LogP contribution in [0, 0.1) is 29.1 Å². The van der Waals surface area contributed by atoms with Gasteiger partial charge in [-0.1, -0.05) is 26.8 Å². The molecule has 1 saturated carbocycles. The fraction of sp³-hybridized carbons (Fsp3) is 0.750. The molecule has 0 N–H and O–H groups in total. The Balaban J connectivity index is 2.46. The molecule has 0 spiro atoms. The molecule has 1 unspecified atom stereocenters. The van der Waals surface area contributed by atoms with E-state index in [2.05, 4.69) is 20.4 Å². The van der Waals surface area contributed by atoms with Crippen molar-refractivity contribution in [3.8, 4) is 0 Å². The summed E-state index contributed by atoms with van der Waals surface area (Å²) in [6, 6.07) is 0. The Labute approximate surface area is 155 Å². The largest absolute Gasteiger partial charge is 0.436 e. The van der Waals surface area contributed by atoms with Gasteiger partial charge in [-0.3, -0.25) is 14.4 Å². The molecule has 1 aliphatic carbocycles. The molecular formula is C20H30O6. The van der Waals surface area contributed by atoms with Gasteiger partial charge in [0.25, 0.3) is 0 Å². The van der Waals surface area contributed by atoms with Crippen molar-refractivity contribution >= 4 is 17.7 Å². The third-order valence-electron chi connectivity index (χ3n) is 5.90. The van der Waals surface area contributed by atoms with Crippen LogP contribution in [0.25, 0.3) is 0 Å². The number of carbonyl (C=O) groups excluding carboxylic acids is 3. The summed E-state index contributed by atoms with van der Waals surface area (Å²) in [6.07, 6.45) is 1.56. The molecule has 0 bridgehead atoms. The van der Waals surface area contributed by atoms with Gasteiger partial charge in [0.05, 0.1) is 5.92 Å². The van der Waals surface area contributed by atoms with Gasteiger partial charge in [-0.05, 0) is 29.6 Å². The van der Waals surface area contributed by atoms with Gasteiger partial charge in [0.1, 0.15) is 5.78 Å². The van der Waals surface area contributed by atoms with Crippen LogP contribution < -0.4 is 0 Å². The molecule has 2 aliphatic rings. The summed E-state index contributed by atoms with van der Waals surface area (Å²) >= 11 is 0. The molecule has 0 aromatic heterocycles. The summed E-state index contributed by atoms with van der Waals surface area (Å²) in [4.78, 5) is 36.2. The molecular weight excluding hydrogens is 336 g/mol. The van der Waals surface area contributed by atoms with Gasteiger partial charge in [-0.15, -0.1) is 6.58 Å². The highest BCUT2D eigenvalue weighted by Crippen LogP contribution is 2.53. The average molecular weight is 366 g/mol. The van der Waals surface area contributed by atoms with Crippen molar-refractivity contribution in [2.75, 3.05) is 0 Å². The standard InChI is InChI=1S/C20H30O6/c1-7-15-8-14(11(2)3)9-16(23)18-19(25-13(5)22)26-17(24-12(4)21)10-20(15,18)6/h7,11,14-15,17-19H,1,8-10H2,2-6H3/t14-,15-,17+,18?,19+,20+/m1/s1. The number of Topliss-reactive ketones (excluding diaryl/α,β-unsaturated/α-hetero) is 1. The molecule has 26 heavy (non-hydrogen) atoms. The zero-order chi connectivity index (χ0) is 19.6. The van der Waals surface area contributed by atoms with E-state index in [0.717, 1.165) is 6.42 Å². The van der Waals surface area contributed by atoms with E-state index in [0.29, 0.717) is 18.8 Å². The van der Waals surface area contributed by atoms with Crippen LogP contribution in [-0.2, 0) is 28.6 Å². The number of ketones is 1. The van der Waals surface area contributed by atoms with Crippen LogP contribution in [0.4, 0.5) is 0 Å². The maximum Gasteiger partial charge on any atom is 0.304 e. The highest BCUT2D eigenvalue weighted by Gasteiger charge is 2.57. The van der Waals surface area contributed by atoms with Crippen LogP contribution in [-0.4, -0.2) is 30.3 Å². The molecule has 1 saturated heterocycles. The lowest BCUT2D eigenvalue weighted by atomic mass is 9.63. The summed E-state index contributed by atoms with van der Waals surface area (Å²) in [6.45, 7) is 12.8. The van der Waals surface area contributed by atoms with Gasteiger partial charge in [-0.25, -0.2) is 0 Å². The molecule has 0 aromatic rings. The number of fused-ring (bicyclic) bond motifs is 1. The SMILES string of the molecule is C=C[C@@H]1C[C@@H](C(C)C)CC(=O)C2[C@@H](OC(C)=O)O[C@H](OC(C)=O)C[C@]21C. The summed E-state index contributed by atoms with van der Waals surface area (Å²) < 4.78 is 16.3. The third-order valence-corrected chi connectivity index (χ3v) is 5.90. The average Bonchev–Trinajstić information content (AvgIpc) is 2.59. The maximum absolute atomic E-state index is 13.1. The second kappa shape index (κ2) is 7.91. The Kier molecular flexibility index (Phi) is 6.27. The number of allylic oxidation sites excluding steroid dienone is 1. The zero-order valence-corrected chi connectivity index (χ0v) is 16.3. The van der Waals surface area contributed by atoms with Gasteiger partial charge in [0, 0.05) is 26.7 Å². The molecule has 2 rings (SSSR count). The van der Waals surface area contributed by atoms with E-state index >= 15 is 0 Å². The van der Waals surface area contributed by atoms with Crippen molar-refractivity contribution in [3.05, 3.63) is 12.7 Å². The van der Waals surface area contributed by atoms with E-state index in [4.69, 9.17) is 14.2 Å². The molecule has 1 heterocycles. The van der Waals surface area contributed by atoms with Gasteiger partial charge in [0.2, 0.25) is 12.6 Å². The first-order chi connectivity index (χ1) is 12.1. The van der Waals surface area contributed by atoms with Crippen LogP contribution in [0.2, 0.25) is 0 Å². The summed E-state index contributed by atoms with van der Waals surface area (Å²) in [7, 11) is 0. The molecule has 6 nitrogen and oxygen atoms in total. The Morgan fingerprint density at radius 2 is 1.88 bits per heavy atom. The molecule has 1 aliphatic heterocycles. The van der Waals surface area contributed by atoms with Crippen molar-refractivity contribution in [1.82, 2.24) is 0 Å². The number of carbonyl (C=O) groups is 3. The summed E-state index contributed by atoms with van der Waals surface area (Å²) in [5.74, 6) is -0.998. The van der Waals surface area contributed by atoms with Crippen molar-refractivity contribution < 1.29 is 28.6 Å². The number of esters is 2. The van der Waals surface area contributed by atoms with Gasteiger partial charge < -0.3 is 14.2 Å². The predicted molar refractivity (Wildman–Crippen MR) is 94.7 cm³/mol. The fourth-order valence-electron chi connectivity index (χ4n) is 4.43. The van der Waals surface area contributed by atoms with Crippen LogP contribution in [0.1, 0.15) is 53.9 Å². The Bertz CT molecular complexity index is 583. The molecule has 6 heteroatoms. The van der Waals surface area contributed by atoms with Gasteiger partial charge in [0.15, 0.2) is 0 Å². The topological polar surface area (TPSA) is 78.9 Å². The quantitative estimate of drug-likeness (QED) is 0.561. The second-order valence-electron chi connectivity index (χ2n) is 8.09. The van der Waals surface area contributed by atoms with Crippen molar-refractivity contribution in [1.29, 1.82) is 0 Å². The van der Waals surface area contributed by atoms with Crippen LogP contribution in [0.15, 0.2) is 12.7 Å². The fourth-order valence-corrected chi connectivity index (χ4v) is 4.43. The minimum absolute atomic E-state index is 0.0198. The van der Waals surface area contributed by atoms with Crippen molar-refractivity contribution in [2.45, 2.75) is 66.5 Å². The Morgan fingerprint density at radius 1 is 1.27 bits per heavy atom. The van der Waals surface area contributed by atoms with E-state index < -0.39 is 35.9 Å². The smallest absolute Gasteiger partial charge is 0.304 e. The number of hydrogen-bond donors (Lipinski definition) is 0. The lowest BCUT2D eigenvalue weighted by Crippen LogP contribution is -2.54. The zero-order valence-electron chi connectivity index (χ0n) is 16.3. The van der Waals surface area contributed by atoms with Gasteiger partial charge in [-0.2, -0.15) is 0 Å². The predicted octanol–water partition coefficient (Wildman–Crippen LogP) is 3.24. The normalized spacial score (nSPS) is 37.5. The van der Waals surface area contributed by atoms with Crippen LogP contribution in [0.3, 0.4) is 0 Å². The summed E-state index contributed by atoms with van der Waals surface area (Å²) in [5, 5.41) is 0. The lowest BCUT2D eigenvalue weighted by molar-refractivity contribution is -0.294. The number of ether oxygens (including phenoxy) is 3. The number of hydrogen-bond acceptors (Lipinski definition) is 6. The first-order valence-corrected chi connectivity index (χ1v) is 9.23. The lowest BCUT2D eigenvalue weighted by Gasteiger charge is -2.48. The first-order valence-electron chi connectivity index (χ1n) is 9.23. The Hall–Kier alpha value is -1.69. The van der Waals surface area contributed by atoms with E-state index in [-0.39, 0.29) is 17.6 Å².